The van der Waals surface area contributed by atoms with Crippen LogP contribution in [-0.2, 0) is 4.74 Å². The highest BCUT2D eigenvalue weighted by Gasteiger charge is 2.25. The monoisotopic (exact) mass is 380 g/mol. The summed E-state index contributed by atoms with van der Waals surface area (Å²) in [7, 11) is 0. The van der Waals surface area contributed by atoms with Crippen molar-refractivity contribution in [2.75, 3.05) is 6.61 Å². The first-order valence-corrected chi connectivity index (χ1v) is 10.00. The van der Waals surface area contributed by atoms with E-state index in [0.717, 1.165) is 19.3 Å². The van der Waals surface area contributed by atoms with Crippen molar-refractivity contribution >= 4 is 17.0 Å². The number of nitrogens with one attached hydrogen (secondary N) is 1. The number of halogens is 2. The summed E-state index contributed by atoms with van der Waals surface area (Å²) < 4.78 is 31.9. The van der Waals surface area contributed by atoms with Gasteiger partial charge in [-0.05, 0) is 24.5 Å². The molecule has 1 unspecified atom stereocenters. The van der Waals surface area contributed by atoms with Crippen LogP contribution >= 0.6 is 0 Å². The molecule has 150 valence electrons. The Bertz CT molecular complexity index is 715. The first-order chi connectivity index (χ1) is 13.1. The normalized spacial score (nSPS) is 12.6. The molecule has 0 saturated carbocycles. The van der Waals surface area contributed by atoms with E-state index < -0.39 is 18.1 Å². The molecule has 27 heavy (non-hydrogen) atoms. The largest absolute Gasteiger partial charge is 0.462 e. The molecule has 0 amide bonds. The Hall–Kier alpha value is -1.98. The number of fused-ring (bicyclic) bond motifs is 1. The number of H-pyrrole nitrogens is 1. The summed E-state index contributed by atoms with van der Waals surface area (Å²) in [5.74, 6) is -0.207. The molecule has 0 aliphatic heterocycles. The number of rotatable bonds is 12. The van der Waals surface area contributed by atoms with E-state index in [2.05, 4.69) is 23.8 Å². The van der Waals surface area contributed by atoms with Crippen molar-refractivity contribution < 1.29 is 18.3 Å². The Labute approximate surface area is 159 Å². The number of aromatic nitrogens is 2. The summed E-state index contributed by atoms with van der Waals surface area (Å²) in [4.78, 5) is 19.0. The first kappa shape index (κ1) is 21.3. The number of hydrogen-bond acceptors (Lipinski definition) is 3. The molecule has 0 bridgehead atoms. The number of esters is 1. The number of unbranched alkanes of at least 4 members (excludes halogenated alkanes) is 4. The Morgan fingerprint density at radius 2 is 1.96 bits per heavy atom. The summed E-state index contributed by atoms with van der Waals surface area (Å²) in [5.41, 5.74) is -0.240. The molecule has 0 aliphatic rings. The van der Waals surface area contributed by atoms with Crippen LogP contribution in [0.3, 0.4) is 0 Å². The topological polar surface area (TPSA) is 55.0 Å². The van der Waals surface area contributed by atoms with Gasteiger partial charge < -0.3 is 9.72 Å². The molecule has 0 spiro atoms. The fourth-order valence-corrected chi connectivity index (χ4v) is 3.40. The molecule has 2 aromatic rings. The van der Waals surface area contributed by atoms with Crippen molar-refractivity contribution in [2.45, 2.75) is 71.6 Å². The Balaban J connectivity index is 1.90. The lowest BCUT2D eigenvalue weighted by Gasteiger charge is -2.15. The van der Waals surface area contributed by atoms with Crippen molar-refractivity contribution in [3.05, 3.63) is 29.6 Å². The van der Waals surface area contributed by atoms with Crippen LogP contribution in [0.15, 0.2) is 18.3 Å². The maximum Gasteiger partial charge on any atom is 0.340 e. The maximum atomic E-state index is 13.3. The molecule has 4 nitrogen and oxygen atoms in total. The van der Waals surface area contributed by atoms with E-state index >= 15 is 0 Å². The molecule has 6 heteroatoms. The Morgan fingerprint density at radius 1 is 1.19 bits per heavy atom. The third-order valence-electron chi connectivity index (χ3n) is 5.07. The predicted octanol–water partition coefficient (Wildman–Crippen LogP) is 6.43. The molecule has 0 saturated heterocycles. The summed E-state index contributed by atoms with van der Waals surface area (Å²) in [6.45, 7) is 4.59. The van der Waals surface area contributed by atoms with E-state index in [-0.39, 0.29) is 17.8 Å². The highest BCUT2D eigenvalue weighted by Crippen LogP contribution is 2.29. The van der Waals surface area contributed by atoms with Gasteiger partial charge in [0.25, 0.3) is 6.43 Å². The van der Waals surface area contributed by atoms with E-state index in [9.17, 15) is 13.6 Å². The summed E-state index contributed by atoms with van der Waals surface area (Å²) in [6, 6.07) is 3.22. The molecule has 2 aromatic heterocycles. The van der Waals surface area contributed by atoms with Gasteiger partial charge in [0.2, 0.25) is 0 Å². The van der Waals surface area contributed by atoms with E-state index in [4.69, 9.17) is 4.74 Å². The van der Waals surface area contributed by atoms with Crippen molar-refractivity contribution in [1.82, 2.24) is 9.97 Å². The number of carbonyl (C=O) groups is 1. The highest BCUT2D eigenvalue weighted by molar-refractivity contribution is 6.04. The number of alkyl halides is 2. The lowest BCUT2D eigenvalue weighted by molar-refractivity contribution is 0.0471. The molecular formula is C21H30F2N2O2. The summed E-state index contributed by atoms with van der Waals surface area (Å²) >= 11 is 0. The second-order valence-electron chi connectivity index (χ2n) is 7.02. The van der Waals surface area contributed by atoms with Crippen molar-refractivity contribution in [3.63, 3.8) is 0 Å². The molecule has 1 N–H and O–H groups in total. The Kier molecular flexibility index (Phi) is 8.69. The molecule has 2 rings (SSSR count). The van der Waals surface area contributed by atoms with Gasteiger partial charge in [-0.2, -0.15) is 0 Å². The average Bonchev–Trinajstić information content (AvgIpc) is 3.06. The minimum Gasteiger partial charge on any atom is -0.462 e. The molecule has 1 atom stereocenters. The molecule has 0 fully saturated rings. The van der Waals surface area contributed by atoms with Crippen LogP contribution in [-0.4, -0.2) is 22.5 Å². The van der Waals surface area contributed by atoms with Gasteiger partial charge >= 0.3 is 5.97 Å². The van der Waals surface area contributed by atoms with E-state index in [1.165, 1.54) is 38.3 Å². The van der Waals surface area contributed by atoms with E-state index in [0.29, 0.717) is 11.3 Å². The van der Waals surface area contributed by atoms with Gasteiger partial charge in [0.1, 0.15) is 5.65 Å². The lowest BCUT2D eigenvalue weighted by atomic mass is 9.95. The van der Waals surface area contributed by atoms with Crippen LogP contribution < -0.4 is 0 Å². The molecule has 0 aromatic carbocycles. The summed E-state index contributed by atoms with van der Waals surface area (Å²) in [6.07, 6.45) is 7.84. The van der Waals surface area contributed by atoms with Crippen molar-refractivity contribution in [2.24, 2.45) is 5.92 Å². The van der Waals surface area contributed by atoms with Crippen molar-refractivity contribution in [3.8, 4) is 0 Å². The minimum absolute atomic E-state index is 0.0966. The van der Waals surface area contributed by atoms with Gasteiger partial charge in [-0.25, -0.2) is 18.6 Å². The zero-order valence-electron chi connectivity index (χ0n) is 16.3. The average molecular weight is 380 g/mol. The van der Waals surface area contributed by atoms with Gasteiger partial charge in [0.15, 0.2) is 0 Å². The maximum absolute atomic E-state index is 13.3. The number of hydrogen-bond donors (Lipinski definition) is 1. The third kappa shape index (κ3) is 6.01. The zero-order chi connectivity index (χ0) is 19.6. The first-order valence-electron chi connectivity index (χ1n) is 10.00. The molecule has 0 radical (unpaired) electrons. The van der Waals surface area contributed by atoms with Crippen LogP contribution in [0.25, 0.3) is 11.0 Å². The highest BCUT2D eigenvalue weighted by atomic mass is 19.3. The smallest absolute Gasteiger partial charge is 0.340 e. The fraction of sp³-hybridized carbons (Fsp3) is 0.619. The van der Waals surface area contributed by atoms with Crippen LogP contribution in [0, 0.1) is 5.92 Å². The number of ether oxygens (including phenoxy) is 1. The second-order valence-corrected chi connectivity index (χ2v) is 7.02. The van der Waals surface area contributed by atoms with Crippen LogP contribution in [0.1, 0.15) is 87.7 Å². The van der Waals surface area contributed by atoms with Gasteiger partial charge in [0, 0.05) is 11.6 Å². The number of nitrogens with zero attached hydrogens (tertiary/aromatic N) is 1. The Morgan fingerprint density at radius 3 is 2.67 bits per heavy atom. The standard InChI is InChI=1S/C21H30F2N2O2/c1-3-5-6-7-8-10-15(4-2)12-14-27-21(26)17-16-11-9-13-24-20(16)25-18(17)19(22)23/h9,11,13,15,19H,3-8,10,12,14H2,1-2H3,(H,24,25). The van der Waals surface area contributed by atoms with E-state index in [1.807, 2.05) is 0 Å². The molecular weight excluding hydrogens is 350 g/mol. The van der Waals surface area contributed by atoms with Crippen LogP contribution in [0.2, 0.25) is 0 Å². The van der Waals surface area contributed by atoms with Gasteiger partial charge in [-0.1, -0.05) is 58.8 Å². The van der Waals surface area contributed by atoms with Gasteiger partial charge in [-0.15, -0.1) is 0 Å². The van der Waals surface area contributed by atoms with E-state index in [1.54, 1.807) is 12.1 Å². The minimum atomic E-state index is -2.78. The van der Waals surface area contributed by atoms with Crippen LogP contribution in [0.5, 0.6) is 0 Å². The molecule has 2 heterocycles. The zero-order valence-corrected chi connectivity index (χ0v) is 16.3. The van der Waals surface area contributed by atoms with Crippen molar-refractivity contribution in [1.29, 1.82) is 0 Å². The van der Waals surface area contributed by atoms with Gasteiger partial charge in [-0.3, -0.25) is 0 Å². The second kappa shape index (κ2) is 11.0. The lowest BCUT2D eigenvalue weighted by Crippen LogP contribution is -2.12. The van der Waals surface area contributed by atoms with Crippen LogP contribution in [0.4, 0.5) is 8.78 Å². The molecule has 0 aliphatic carbocycles. The SMILES string of the molecule is CCCCCCCC(CC)CCOC(=O)c1c(C(F)F)[nH]c2ncccc12. The quantitative estimate of drug-likeness (QED) is 0.341. The fourth-order valence-electron chi connectivity index (χ4n) is 3.40. The number of pyridine rings is 1. The predicted molar refractivity (Wildman–Crippen MR) is 103 cm³/mol. The number of aromatic amines is 1. The number of carbonyl (C=O) groups excluding carboxylic acids is 1. The third-order valence-corrected chi connectivity index (χ3v) is 5.07. The summed E-state index contributed by atoms with van der Waals surface area (Å²) in [5, 5.41) is 0.376. The van der Waals surface area contributed by atoms with Gasteiger partial charge in [0.05, 0.1) is 17.9 Å².